The zero-order chi connectivity index (χ0) is 19.1. The van der Waals surface area contributed by atoms with Gasteiger partial charge in [0, 0.05) is 43.0 Å². The zero-order valence-corrected chi connectivity index (χ0v) is 20.1. The number of rotatable bonds is 6. The summed E-state index contributed by atoms with van der Waals surface area (Å²) in [7, 11) is 1.83. The first-order valence-electron chi connectivity index (χ1n) is 9.75. The molecule has 1 aromatic carbocycles. The van der Waals surface area contributed by atoms with Crippen LogP contribution in [0.25, 0.3) is 0 Å². The lowest BCUT2D eigenvalue weighted by Gasteiger charge is -2.33. The molecule has 1 fully saturated rings. The minimum Gasteiger partial charge on any atom is -0.373 e. The van der Waals surface area contributed by atoms with Gasteiger partial charge in [0.2, 0.25) is 0 Å². The molecule has 0 radical (unpaired) electrons. The van der Waals surface area contributed by atoms with E-state index in [0.29, 0.717) is 5.92 Å². The molecule has 1 saturated heterocycles. The van der Waals surface area contributed by atoms with Gasteiger partial charge in [-0.15, -0.1) is 35.3 Å². The normalized spacial score (nSPS) is 20.3. The van der Waals surface area contributed by atoms with Crippen LogP contribution in [0.1, 0.15) is 43.2 Å². The maximum absolute atomic E-state index is 6.11. The molecule has 0 spiro atoms. The number of nitrogens with zero attached hydrogens (tertiary/aromatic N) is 1. The van der Waals surface area contributed by atoms with E-state index >= 15 is 0 Å². The van der Waals surface area contributed by atoms with Crippen LogP contribution in [0.2, 0.25) is 0 Å². The fourth-order valence-corrected chi connectivity index (χ4v) is 4.42. The molecule has 0 amide bonds. The summed E-state index contributed by atoms with van der Waals surface area (Å²) in [6.07, 6.45) is 2.45. The van der Waals surface area contributed by atoms with Crippen LogP contribution in [0.3, 0.4) is 0 Å². The number of hydrogen-bond donors (Lipinski definition) is 2. The maximum Gasteiger partial charge on any atom is 0.191 e. The number of guanidine groups is 1. The highest BCUT2D eigenvalue weighted by Gasteiger charge is 2.28. The lowest BCUT2D eigenvalue weighted by Crippen LogP contribution is -2.45. The molecule has 1 aromatic heterocycles. The molecular weight excluding hydrogens is 481 g/mol. The lowest BCUT2D eigenvalue weighted by molar-refractivity contribution is -0.0265. The predicted molar refractivity (Wildman–Crippen MR) is 130 cm³/mol. The van der Waals surface area contributed by atoms with Crippen molar-refractivity contribution in [2.24, 2.45) is 10.9 Å². The fourth-order valence-electron chi connectivity index (χ4n) is 3.57. The topological polar surface area (TPSA) is 45.7 Å². The number of nitrogens with one attached hydrogen (secondary N) is 2. The van der Waals surface area contributed by atoms with Crippen LogP contribution in [0, 0.1) is 5.92 Å². The Bertz CT molecular complexity index is 719. The third-order valence-corrected chi connectivity index (χ3v) is 6.45. The minimum atomic E-state index is 0. The van der Waals surface area contributed by atoms with E-state index in [1.165, 1.54) is 16.9 Å². The van der Waals surface area contributed by atoms with Gasteiger partial charge in [0.15, 0.2) is 5.96 Å². The van der Waals surface area contributed by atoms with E-state index in [9.17, 15) is 0 Å². The molecule has 1 aliphatic rings. The van der Waals surface area contributed by atoms with Gasteiger partial charge in [0.1, 0.15) is 0 Å². The van der Waals surface area contributed by atoms with Crippen molar-refractivity contribution in [3.63, 3.8) is 0 Å². The molecule has 154 valence electrons. The molecule has 2 aromatic rings. The SMILES string of the molecule is CN=C(NCC1CCCOC1c1ccccc1)NCC(C)(C)c1cccs1.I. The molecule has 1 aliphatic heterocycles. The van der Waals surface area contributed by atoms with Gasteiger partial charge >= 0.3 is 0 Å². The van der Waals surface area contributed by atoms with Crippen LogP contribution >= 0.6 is 35.3 Å². The smallest absolute Gasteiger partial charge is 0.191 e. The third kappa shape index (κ3) is 6.19. The van der Waals surface area contributed by atoms with Crippen molar-refractivity contribution in [3.8, 4) is 0 Å². The molecule has 0 saturated carbocycles. The molecule has 2 heterocycles. The summed E-state index contributed by atoms with van der Waals surface area (Å²) in [4.78, 5) is 5.80. The summed E-state index contributed by atoms with van der Waals surface area (Å²) in [5.74, 6) is 1.31. The minimum absolute atomic E-state index is 0. The molecular formula is C22H32IN3OS. The van der Waals surface area contributed by atoms with Crippen molar-refractivity contribution in [1.29, 1.82) is 0 Å². The highest BCUT2D eigenvalue weighted by molar-refractivity contribution is 14.0. The molecule has 2 unspecified atom stereocenters. The number of halogens is 1. The van der Waals surface area contributed by atoms with Gasteiger partial charge in [0.05, 0.1) is 6.10 Å². The number of hydrogen-bond acceptors (Lipinski definition) is 3. The summed E-state index contributed by atoms with van der Waals surface area (Å²) in [6, 6.07) is 14.9. The quantitative estimate of drug-likeness (QED) is 0.326. The van der Waals surface area contributed by atoms with Crippen LogP contribution in [0.15, 0.2) is 52.8 Å². The van der Waals surface area contributed by atoms with Crippen LogP contribution < -0.4 is 10.6 Å². The monoisotopic (exact) mass is 513 g/mol. The molecule has 6 heteroatoms. The van der Waals surface area contributed by atoms with Crippen molar-refractivity contribution in [3.05, 3.63) is 58.3 Å². The molecule has 0 aliphatic carbocycles. The predicted octanol–water partition coefficient (Wildman–Crippen LogP) is 4.98. The van der Waals surface area contributed by atoms with Crippen LogP contribution in [0.5, 0.6) is 0 Å². The summed E-state index contributed by atoms with van der Waals surface area (Å²) in [6.45, 7) is 7.08. The fraction of sp³-hybridized carbons (Fsp3) is 0.500. The van der Waals surface area contributed by atoms with Gasteiger partial charge < -0.3 is 15.4 Å². The number of aliphatic imine (C=N–C) groups is 1. The van der Waals surface area contributed by atoms with Crippen LogP contribution in [-0.2, 0) is 10.2 Å². The number of thiophene rings is 1. The van der Waals surface area contributed by atoms with Crippen molar-refractivity contribution in [1.82, 2.24) is 10.6 Å². The average Bonchev–Trinajstić information content (AvgIpc) is 3.25. The molecule has 3 rings (SSSR count). The van der Waals surface area contributed by atoms with E-state index in [1.807, 2.05) is 7.05 Å². The van der Waals surface area contributed by atoms with Crippen LogP contribution in [-0.4, -0.2) is 32.7 Å². The Kier molecular flexibility index (Phi) is 9.24. The molecule has 0 bridgehead atoms. The van der Waals surface area contributed by atoms with Crippen molar-refractivity contribution < 1.29 is 4.74 Å². The lowest BCUT2D eigenvalue weighted by atomic mass is 9.89. The first kappa shape index (κ1) is 23.2. The number of benzene rings is 1. The van der Waals surface area contributed by atoms with Gasteiger partial charge in [-0.05, 0) is 29.9 Å². The van der Waals surface area contributed by atoms with Crippen molar-refractivity contribution in [2.75, 3.05) is 26.7 Å². The van der Waals surface area contributed by atoms with Gasteiger partial charge in [0.25, 0.3) is 0 Å². The Labute approximate surface area is 190 Å². The van der Waals surface area contributed by atoms with E-state index in [1.54, 1.807) is 11.3 Å². The second kappa shape index (κ2) is 11.2. The summed E-state index contributed by atoms with van der Waals surface area (Å²) < 4.78 is 6.11. The van der Waals surface area contributed by atoms with Crippen molar-refractivity contribution in [2.45, 2.75) is 38.2 Å². The van der Waals surface area contributed by atoms with E-state index in [4.69, 9.17) is 4.74 Å². The Hall–Kier alpha value is -1.12. The Balaban J connectivity index is 0.00000280. The van der Waals surface area contributed by atoms with Gasteiger partial charge in [-0.2, -0.15) is 0 Å². The third-order valence-electron chi connectivity index (χ3n) is 5.21. The Morgan fingerprint density at radius 2 is 1.96 bits per heavy atom. The van der Waals surface area contributed by atoms with Crippen molar-refractivity contribution >= 4 is 41.3 Å². The maximum atomic E-state index is 6.11. The largest absolute Gasteiger partial charge is 0.373 e. The second-order valence-electron chi connectivity index (χ2n) is 7.77. The van der Waals surface area contributed by atoms with E-state index in [2.05, 4.69) is 77.3 Å². The summed E-state index contributed by atoms with van der Waals surface area (Å²) in [5.41, 5.74) is 1.34. The summed E-state index contributed by atoms with van der Waals surface area (Å²) >= 11 is 1.81. The zero-order valence-electron chi connectivity index (χ0n) is 17.0. The number of ether oxygens (including phenoxy) is 1. The van der Waals surface area contributed by atoms with Gasteiger partial charge in [-0.3, -0.25) is 4.99 Å². The van der Waals surface area contributed by atoms with Gasteiger partial charge in [-0.25, -0.2) is 0 Å². The standard InChI is InChI=1S/C22H31N3OS.HI/c1-22(2,19-12-8-14-27-19)16-25-21(23-3)24-15-18-11-7-13-26-20(18)17-9-5-4-6-10-17;/h4-6,8-10,12,14,18,20H,7,11,13,15-16H2,1-3H3,(H2,23,24,25);1H. The second-order valence-corrected chi connectivity index (χ2v) is 8.72. The summed E-state index contributed by atoms with van der Waals surface area (Å²) in [5, 5.41) is 9.15. The van der Waals surface area contributed by atoms with E-state index in [-0.39, 0.29) is 35.5 Å². The molecule has 28 heavy (non-hydrogen) atoms. The van der Waals surface area contributed by atoms with E-state index < -0.39 is 0 Å². The van der Waals surface area contributed by atoms with Gasteiger partial charge in [-0.1, -0.05) is 50.2 Å². The molecule has 4 nitrogen and oxygen atoms in total. The van der Waals surface area contributed by atoms with Crippen LogP contribution in [0.4, 0.5) is 0 Å². The molecule has 2 N–H and O–H groups in total. The highest BCUT2D eigenvalue weighted by atomic mass is 127. The Morgan fingerprint density at radius 3 is 2.64 bits per heavy atom. The Morgan fingerprint density at radius 1 is 1.18 bits per heavy atom. The highest BCUT2D eigenvalue weighted by Crippen LogP contribution is 2.33. The first-order chi connectivity index (χ1) is 13.1. The molecule has 2 atom stereocenters. The average molecular weight is 513 g/mol. The first-order valence-corrected chi connectivity index (χ1v) is 10.6. The van der Waals surface area contributed by atoms with E-state index in [0.717, 1.165) is 32.1 Å².